The molecule has 0 saturated carbocycles. The Labute approximate surface area is 109 Å². The van der Waals surface area contributed by atoms with E-state index in [1.54, 1.807) is 0 Å². The van der Waals surface area contributed by atoms with Crippen molar-refractivity contribution in [3.05, 3.63) is 29.3 Å². The van der Waals surface area contributed by atoms with Gasteiger partial charge in [0.25, 0.3) is 0 Å². The van der Waals surface area contributed by atoms with Crippen LogP contribution in [0, 0.1) is 0 Å². The molecule has 0 radical (unpaired) electrons. The number of nitrogens with two attached hydrogens (primary N) is 1. The number of aliphatic hydroxyl groups excluding tert-OH is 1. The van der Waals surface area contributed by atoms with Crippen molar-refractivity contribution in [1.82, 2.24) is 4.90 Å². The van der Waals surface area contributed by atoms with Crippen molar-refractivity contribution < 1.29 is 18.3 Å². The van der Waals surface area contributed by atoms with E-state index in [-0.39, 0.29) is 17.3 Å². The van der Waals surface area contributed by atoms with Gasteiger partial charge in [-0.25, -0.2) is 0 Å². The standard InChI is InChI=1S/C13H17F3N2O/c1-18-6-2-3-11(18)12(19)9-7-8(13(14,15)16)4-5-10(9)17/h4-5,7,11-12,19H,2-3,6,17H2,1H3. The summed E-state index contributed by atoms with van der Waals surface area (Å²) in [5.74, 6) is 0. The van der Waals surface area contributed by atoms with E-state index in [1.165, 1.54) is 6.07 Å². The largest absolute Gasteiger partial charge is 0.416 e. The van der Waals surface area contributed by atoms with Crippen molar-refractivity contribution in [1.29, 1.82) is 0 Å². The zero-order valence-electron chi connectivity index (χ0n) is 10.6. The number of hydrogen-bond acceptors (Lipinski definition) is 3. The highest BCUT2D eigenvalue weighted by Gasteiger charge is 2.34. The van der Waals surface area contributed by atoms with Gasteiger partial charge in [0.1, 0.15) is 0 Å². The Bertz CT molecular complexity index is 462. The van der Waals surface area contributed by atoms with Gasteiger partial charge in [-0.05, 0) is 44.6 Å². The molecule has 2 rings (SSSR count). The monoisotopic (exact) mass is 274 g/mol. The molecule has 0 aliphatic carbocycles. The Balaban J connectivity index is 2.33. The first-order valence-corrected chi connectivity index (χ1v) is 6.15. The highest BCUT2D eigenvalue weighted by molar-refractivity contribution is 5.50. The van der Waals surface area contributed by atoms with Gasteiger partial charge in [0, 0.05) is 17.3 Å². The van der Waals surface area contributed by atoms with E-state index < -0.39 is 17.8 Å². The molecular weight excluding hydrogens is 257 g/mol. The van der Waals surface area contributed by atoms with E-state index in [0.717, 1.165) is 31.5 Å². The molecule has 2 unspecified atom stereocenters. The van der Waals surface area contributed by atoms with Crippen molar-refractivity contribution in [2.24, 2.45) is 0 Å². The summed E-state index contributed by atoms with van der Waals surface area (Å²) >= 11 is 0. The Morgan fingerprint density at radius 2 is 2.11 bits per heavy atom. The molecule has 0 aromatic heterocycles. The Morgan fingerprint density at radius 1 is 1.42 bits per heavy atom. The molecule has 1 aliphatic rings. The van der Waals surface area contributed by atoms with E-state index in [0.29, 0.717) is 0 Å². The predicted molar refractivity (Wildman–Crippen MR) is 66.5 cm³/mol. The molecule has 0 bridgehead atoms. The van der Waals surface area contributed by atoms with E-state index in [4.69, 9.17) is 5.73 Å². The molecule has 19 heavy (non-hydrogen) atoms. The number of anilines is 1. The molecule has 1 aromatic carbocycles. The highest BCUT2D eigenvalue weighted by Crippen LogP contribution is 2.36. The molecule has 6 heteroatoms. The lowest BCUT2D eigenvalue weighted by Gasteiger charge is -2.26. The molecule has 3 N–H and O–H groups in total. The number of alkyl halides is 3. The number of rotatable bonds is 2. The Kier molecular flexibility index (Phi) is 3.73. The third-order valence-electron chi connectivity index (χ3n) is 3.67. The van der Waals surface area contributed by atoms with E-state index >= 15 is 0 Å². The number of halogens is 3. The van der Waals surface area contributed by atoms with Crippen LogP contribution >= 0.6 is 0 Å². The van der Waals surface area contributed by atoms with Crippen LogP contribution < -0.4 is 5.73 Å². The lowest BCUT2D eigenvalue weighted by Crippen LogP contribution is -2.31. The van der Waals surface area contributed by atoms with Crippen LogP contribution in [0.1, 0.15) is 30.1 Å². The second-order valence-electron chi connectivity index (χ2n) is 4.98. The fourth-order valence-corrected chi connectivity index (χ4v) is 2.55. The number of aliphatic hydroxyl groups is 1. The Morgan fingerprint density at radius 3 is 2.63 bits per heavy atom. The summed E-state index contributed by atoms with van der Waals surface area (Å²) in [6, 6.07) is 2.91. The molecular formula is C13H17F3N2O. The smallest absolute Gasteiger partial charge is 0.398 e. The van der Waals surface area contributed by atoms with Crippen molar-refractivity contribution in [3.63, 3.8) is 0 Å². The molecule has 0 amide bonds. The van der Waals surface area contributed by atoms with Gasteiger partial charge in [0.15, 0.2) is 0 Å². The Hall–Kier alpha value is -1.27. The summed E-state index contributed by atoms with van der Waals surface area (Å²) in [6.45, 7) is 0.834. The van der Waals surface area contributed by atoms with E-state index in [1.807, 2.05) is 11.9 Å². The SMILES string of the molecule is CN1CCCC1C(O)c1cc(C(F)(F)F)ccc1N. The minimum atomic E-state index is -4.43. The van der Waals surface area contributed by atoms with Crippen molar-refractivity contribution in [2.45, 2.75) is 31.2 Å². The third kappa shape index (κ3) is 2.84. The second kappa shape index (κ2) is 5.02. The first kappa shape index (κ1) is 14.1. The van der Waals surface area contributed by atoms with Gasteiger partial charge >= 0.3 is 6.18 Å². The highest BCUT2D eigenvalue weighted by atomic mass is 19.4. The molecule has 2 atom stereocenters. The molecule has 3 nitrogen and oxygen atoms in total. The van der Waals surface area contributed by atoms with Crippen LogP contribution in [0.4, 0.5) is 18.9 Å². The lowest BCUT2D eigenvalue weighted by atomic mass is 9.97. The lowest BCUT2D eigenvalue weighted by molar-refractivity contribution is -0.137. The number of hydrogen-bond donors (Lipinski definition) is 2. The number of benzene rings is 1. The molecule has 1 saturated heterocycles. The van der Waals surface area contributed by atoms with Gasteiger partial charge in [-0.1, -0.05) is 0 Å². The predicted octanol–water partition coefficient (Wildman–Crippen LogP) is 2.42. The molecule has 1 fully saturated rings. The summed E-state index contributed by atoms with van der Waals surface area (Å²) in [6.07, 6.45) is -3.73. The van der Waals surface area contributed by atoms with Gasteiger partial charge < -0.3 is 15.7 Å². The number of nitrogens with zero attached hydrogens (tertiary/aromatic N) is 1. The number of likely N-dealkylation sites (tertiary alicyclic amines) is 1. The van der Waals surface area contributed by atoms with Crippen LogP contribution in [0.15, 0.2) is 18.2 Å². The van der Waals surface area contributed by atoms with Crippen LogP contribution in [-0.2, 0) is 6.18 Å². The van der Waals surface area contributed by atoms with Crippen LogP contribution in [0.25, 0.3) is 0 Å². The van der Waals surface area contributed by atoms with Gasteiger partial charge in [0.2, 0.25) is 0 Å². The van der Waals surface area contributed by atoms with Gasteiger partial charge in [-0.3, -0.25) is 0 Å². The first-order valence-electron chi connectivity index (χ1n) is 6.15. The number of nitrogen functional groups attached to an aromatic ring is 1. The maximum absolute atomic E-state index is 12.7. The molecule has 1 aliphatic heterocycles. The fourth-order valence-electron chi connectivity index (χ4n) is 2.55. The minimum absolute atomic E-state index is 0.161. The van der Waals surface area contributed by atoms with Gasteiger partial charge in [-0.15, -0.1) is 0 Å². The summed E-state index contributed by atoms with van der Waals surface area (Å²) in [5.41, 5.74) is 5.28. The van der Waals surface area contributed by atoms with Gasteiger partial charge in [0.05, 0.1) is 11.7 Å². The second-order valence-corrected chi connectivity index (χ2v) is 4.98. The summed E-state index contributed by atoms with van der Waals surface area (Å²) in [5, 5.41) is 10.3. The summed E-state index contributed by atoms with van der Waals surface area (Å²) in [4.78, 5) is 1.95. The number of likely N-dealkylation sites (N-methyl/N-ethyl adjacent to an activating group) is 1. The molecule has 106 valence electrons. The normalized spacial score (nSPS) is 22.7. The third-order valence-corrected chi connectivity index (χ3v) is 3.67. The van der Waals surface area contributed by atoms with E-state index in [9.17, 15) is 18.3 Å². The van der Waals surface area contributed by atoms with Crippen molar-refractivity contribution in [3.8, 4) is 0 Å². The fraction of sp³-hybridized carbons (Fsp3) is 0.538. The average molecular weight is 274 g/mol. The summed E-state index contributed by atoms with van der Waals surface area (Å²) < 4.78 is 38.1. The zero-order chi connectivity index (χ0) is 14.2. The van der Waals surface area contributed by atoms with Crippen LogP contribution in [0.2, 0.25) is 0 Å². The first-order chi connectivity index (χ1) is 8.80. The molecule has 1 aromatic rings. The topological polar surface area (TPSA) is 49.5 Å². The van der Waals surface area contributed by atoms with E-state index in [2.05, 4.69) is 0 Å². The molecule has 1 heterocycles. The molecule has 0 spiro atoms. The maximum atomic E-state index is 12.7. The average Bonchev–Trinajstić information content (AvgIpc) is 2.73. The van der Waals surface area contributed by atoms with Crippen LogP contribution in [0.5, 0.6) is 0 Å². The minimum Gasteiger partial charge on any atom is -0.398 e. The van der Waals surface area contributed by atoms with Crippen LogP contribution in [0.3, 0.4) is 0 Å². The maximum Gasteiger partial charge on any atom is 0.416 e. The summed E-state index contributed by atoms with van der Waals surface area (Å²) in [7, 11) is 1.85. The van der Waals surface area contributed by atoms with Gasteiger partial charge in [-0.2, -0.15) is 13.2 Å². The zero-order valence-corrected chi connectivity index (χ0v) is 10.6. The van der Waals surface area contributed by atoms with Crippen molar-refractivity contribution in [2.75, 3.05) is 19.3 Å². The van der Waals surface area contributed by atoms with Crippen molar-refractivity contribution >= 4 is 5.69 Å². The van der Waals surface area contributed by atoms with Crippen LogP contribution in [-0.4, -0.2) is 29.6 Å². The quantitative estimate of drug-likeness (QED) is 0.814.